The third kappa shape index (κ3) is 8.08. The van der Waals surface area contributed by atoms with Gasteiger partial charge in [-0.05, 0) is 51.8 Å². The van der Waals surface area contributed by atoms with Gasteiger partial charge in [0.2, 0.25) is 20.0 Å². The fourth-order valence-electron chi connectivity index (χ4n) is 1.78. The van der Waals surface area contributed by atoms with Crippen molar-refractivity contribution in [3.63, 3.8) is 0 Å². The van der Waals surface area contributed by atoms with Crippen molar-refractivity contribution in [1.82, 2.24) is 9.44 Å². The summed E-state index contributed by atoms with van der Waals surface area (Å²) in [5.74, 6) is 0.652. The molecule has 0 bridgehead atoms. The molecule has 0 radical (unpaired) electrons. The Bertz CT molecular complexity index is 727. The summed E-state index contributed by atoms with van der Waals surface area (Å²) in [5, 5.41) is -0.857. The molecule has 25 heavy (non-hydrogen) atoms. The topological polar surface area (TPSA) is 92.3 Å². The van der Waals surface area contributed by atoms with Gasteiger partial charge in [-0.25, -0.2) is 26.3 Å². The second kappa shape index (κ2) is 9.91. The molecular formula is C16H28N2O4S3. The molecule has 0 fully saturated rings. The van der Waals surface area contributed by atoms with Crippen LogP contribution in [0.5, 0.6) is 0 Å². The van der Waals surface area contributed by atoms with Gasteiger partial charge in [-0.15, -0.1) is 11.8 Å². The molecular weight excluding hydrogens is 380 g/mol. The van der Waals surface area contributed by atoms with Crippen molar-refractivity contribution in [2.45, 2.75) is 49.5 Å². The van der Waals surface area contributed by atoms with Crippen LogP contribution in [0, 0.1) is 0 Å². The first-order chi connectivity index (χ1) is 11.5. The van der Waals surface area contributed by atoms with E-state index >= 15 is 0 Å². The molecule has 2 N–H and O–H groups in total. The highest BCUT2D eigenvalue weighted by molar-refractivity contribution is 7.99. The van der Waals surface area contributed by atoms with Crippen molar-refractivity contribution in [1.29, 1.82) is 0 Å². The fraction of sp³-hybridized carbons (Fsp3) is 0.625. The number of sulfonamides is 2. The monoisotopic (exact) mass is 408 g/mol. The maximum atomic E-state index is 11.7. The Kier molecular flexibility index (Phi) is 8.90. The Balaban J connectivity index is 2.37. The molecule has 0 unspecified atom stereocenters. The SMILES string of the molecule is CC(C)S(=O)(=O)NCCSc1ccc(CCNS(=O)(=O)C(C)C)cc1. The Labute approximate surface area is 156 Å². The fourth-order valence-corrected chi connectivity index (χ4v) is 4.11. The summed E-state index contributed by atoms with van der Waals surface area (Å²) in [7, 11) is -6.43. The number of hydrogen-bond donors (Lipinski definition) is 2. The summed E-state index contributed by atoms with van der Waals surface area (Å²) in [5.41, 5.74) is 1.05. The second-order valence-corrected chi connectivity index (χ2v) is 12.0. The van der Waals surface area contributed by atoms with E-state index in [2.05, 4.69) is 9.44 Å². The van der Waals surface area contributed by atoms with E-state index in [1.807, 2.05) is 24.3 Å². The molecule has 1 aromatic carbocycles. The normalized spacial score (nSPS) is 12.9. The molecule has 0 aliphatic carbocycles. The summed E-state index contributed by atoms with van der Waals surface area (Å²) >= 11 is 1.58. The lowest BCUT2D eigenvalue weighted by molar-refractivity contribution is 0.572. The summed E-state index contributed by atoms with van der Waals surface area (Å²) in [6.45, 7) is 7.37. The molecule has 6 nitrogen and oxygen atoms in total. The van der Waals surface area contributed by atoms with E-state index in [-0.39, 0.29) is 0 Å². The van der Waals surface area contributed by atoms with Crippen molar-refractivity contribution in [3.05, 3.63) is 29.8 Å². The van der Waals surface area contributed by atoms with Gasteiger partial charge in [-0.2, -0.15) is 0 Å². The number of rotatable bonds is 11. The molecule has 0 heterocycles. The second-order valence-electron chi connectivity index (χ2n) is 6.22. The quantitative estimate of drug-likeness (QED) is 0.431. The van der Waals surface area contributed by atoms with E-state index in [0.29, 0.717) is 25.3 Å². The minimum absolute atomic E-state index is 0.379. The zero-order valence-corrected chi connectivity index (χ0v) is 17.6. The minimum Gasteiger partial charge on any atom is -0.215 e. The molecule has 0 saturated heterocycles. The number of thioether (sulfide) groups is 1. The largest absolute Gasteiger partial charge is 0.215 e. The number of benzene rings is 1. The van der Waals surface area contributed by atoms with E-state index in [9.17, 15) is 16.8 Å². The van der Waals surface area contributed by atoms with E-state index in [1.165, 1.54) is 0 Å². The van der Waals surface area contributed by atoms with Crippen molar-refractivity contribution in [2.24, 2.45) is 0 Å². The minimum atomic E-state index is -3.22. The van der Waals surface area contributed by atoms with Crippen LogP contribution < -0.4 is 9.44 Å². The summed E-state index contributed by atoms with van der Waals surface area (Å²) in [6.07, 6.45) is 0.630. The molecule has 0 amide bonds. The summed E-state index contributed by atoms with van der Waals surface area (Å²) in [4.78, 5) is 1.05. The van der Waals surface area contributed by atoms with Gasteiger partial charge >= 0.3 is 0 Å². The van der Waals surface area contributed by atoms with Crippen LogP contribution in [0.25, 0.3) is 0 Å². The van der Waals surface area contributed by atoms with Crippen molar-refractivity contribution < 1.29 is 16.8 Å². The van der Waals surface area contributed by atoms with Gasteiger partial charge < -0.3 is 0 Å². The molecule has 0 aliphatic heterocycles. The number of nitrogens with one attached hydrogen (secondary N) is 2. The van der Waals surface area contributed by atoms with E-state index in [1.54, 1.807) is 39.5 Å². The molecule has 0 saturated carbocycles. The van der Waals surface area contributed by atoms with Crippen molar-refractivity contribution in [3.8, 4) is 0 Å². The van der Waals surface area contributed by atoms with Crippen molar-refractivity contribution >= 4 is 31.8 Å². The number of hydrogen-bond acceptors (Lipinski definition) is 5. The molecule has 0 atom stereocenters. The lowest BCUT2D eigenvalue weighted by Crippen LogP contribution is -2.32. The van der Waals surface area contributed by atoms with Gasteiger partial charge in [0.15, 0.2) is 0 Å². The van der Waals surface area contributed by atoms with Crippen LogP contribution in [-0.2, 0) is 26.5 Å². The molecule has 0 aromatic heterocycles. The molecule has 0 spiro atoms. The third-order valence-electron chi connectivity index (χ3n) is 3.56. The maximum absolute atomic E-state index is 11.7. The van der Waals surface area contributed by atoms with Crippen molar-refractivity contribution in [2.75, 3.05) is 18.8 Å². The summed E-state index contributed by atoms with van der Waals surface area (Å²) < 4.78 is 51.8. The summed E-state index contributed by atoms with van der Waals surface area (Å²) in [6, 6.07) is 7.86. The molecule has 144 valence electrons. The highest BCUT2D eigenvalue weighted by atomic mass is 32.2. The smallest absolute Gasteiger partial charge is 0.213 e. The standard InChI is InChI=1S/C16H28N2O4S3/c1-13(2)24(19,20)17-10-9-15-5-7-16(8-6-15)23-12-11-18-25(21,22)14(3)4/h5-8,13-14,17-18H,9-12H2,1-4H3. The van der Waals surface area contributed by atoms with Gasteiger partial charge in [0.25, 0.3) is 0 Å². The van der Waals surface area contributed by atoms with Crippen LogP contribution in [0.4, 0.5) is 0 Å². The van der Waals surface area contributed by atoms with Crippen LogP contribution in [0.3, 0.4) is 0 Å². The zero-order chi connectivity index (χ0) is 19.1. The Morgan fingerprint density at radius 3 is 1.80 bits per heavy atom. The third-order valence-corrected chi connectivity index (χ3v) is 8.26. The molecule has 1 rings (SSSR count). The van der Waals surface area contributed by atoms with Crippen LogP contribution >= 0.6 is 11.8 Å². The maximum Gasteiger partial charge on any atom is 0.213 e. The van der Waals surface area contributed by atoms with Crippen LogP contribution in [0.15, 0.2) is 29.2 Å². The molecule has 9 heteroatoms. The predicted molar refractivity (Wildman–Crippen MR) is 105 cm³/mol. The van der Waals surface area contributed by atoms with Crippen LogP contribution in [0.2, 0.25) is 0 Å². The first-order valence-corrected chi connectivity index (χ1v) is 12.3. The molecule has 0 aliphatic rings. The van der Waals surface area contributed by atoms with Crippen LogP contribution in [0.1, 0.15) is 33.3 Å². The Morgan fingerprint density at radius 2 is 1.32 bits per heavy atom. The van der Waals surface area contributed by atoms with Gasteiger partial charge in [-0.1, -0.05) is 12.1 Å². The first kappa shape index (κ1) is 22.4. The highest BCUT2D eigenvalue weighted by Gasteiger charge is 2.15. The molecule has 1 aromatic rings. The van der Waals surface area contributed by atoms with E-state index < -0.39 is 30.5 Å². The van der Waals surface area contributed by atoms with E-state index in [0.717, 1.165) is 10.5 Å². The lowest BCUT2D eigenvalue weighted by Gasteiger charge is -2.10. The Morgan fingerprint density at radius 1 is 0.840 bits per heavy atom. The predicted octanol–water partition coefficient (Wildman–Crippen LogP) is 1.98. The average molecular weight is 409 g/mol. The van der Waals surface area contributed by atoms with Gasteiger partial charge in [0, 0.05) is 23.7 Å². The first-order valence-electron chi connectivity index (χ1n) is 8.23. The average Bonchev–Trinajstić information content (AvgIpc) is 2.52. The van der Waals surface area contributed by atoms with Crippen LogP contribution in [-0.4, -0.2) is 46.2 Å². The Hall–Kier alpha value is -0.610. The lowest BCUT2D eigenvalue weighted by atomic mass is 10.2. The van der Waals surface area contributed by atoms with Gasteiger partial charge in [0.05, 0.1) is 10.5 Å². The van der Waals surface area contributed by atoms with E-state index in [4.69, 9.17) is 0 Å². The highest BCUT2D eigenvalue weighted by Crippen LogP contribution is 2.18. The zero-order valence-electron chi connectivity index (χ0n) is 15.2. The van der Waals surface area contributed by atoms with Gasteiger partial charge in [0.1, 0.15) is 0 Å². The van der Waals surface area contributed by atoms with Gasteiger partial charge in [-0.3, -0.25) is 0 Å².